The maximum atomic E-state index is 6.05. The number of nitrogens with zero attached hydrogens (tertiary/aromatic N) is 2. The summed E-state index contributed by atoms with van der Waals surface area (Å²) in [6.07, 6.45) is 1.71. The fourth-order valence-corrected chi connectivity index (χ4v) is 1.82. The van der Waals surface area contributed by atoms with Crippen molar-refractivity contribution < 1.29 is 4.74 Å². The van der Waals surface area contributed by atoms with Gasteiger partial charge in [-0.25, -0.2) is 9.97 Å². The first kappa shape index (κ1) is 14.4. The molecular formula is C13H21ClN2O. The maximum Gasteiger partial charge on any atom is 0.161 e. The van der Waals surface area contributed by atoms with E-state index in [4.69, 9.17) is 16.3 Å². The SMILES string of the molecule is CCC(C)(OC)c1nc(Cl)cc(CC(C)C)n1. The van der Waals surface area contributed by atoms with Gasteiger partial charge in [0.2, 0.25) is 0 Å². The third-order valence-electron chi connectivity index (χ3n) is 2.96. The molecule has 0 bridgehead atoms. The van der Waals surface area contributed by atoms with Crippen LogP contribution in [0.4, 0.5) is 0 Å². The van der Waals surface area contributed by atoms with Crippen LogP contribution in [0, 0.1) is 5.92 Å². The van der Waals surface area contributed by atoms with Gasteiger partial charge < -0.3 is 4.74 Å². The van der Waals surface area contributed by atoms with Gasteiger partial charge in [0.25, 0.3) is 0 Å². The quantitative estimate of drug-likeness (QED) is 0.755. The Morgan fingerprint density at radius 1 is 1.41 bits per heavy atom. The summed E-state index contributed by atoms with van der Waals surface area (Å²) in [6.45, 7) is 8.35. The van der Waals surface area contributed by atoms with Gasteiger partial charge in [0, 0.05) is 12.8 Å². The first-order valence-electron chi connectivity index (χ1n) is 6.00. The highest BCUT2D eigenvalue weighted by molar-refractivity contribution is 6.29. The molecule has 0 saturated carbocycles. The second-order valence-corrected chi connectivity index (χ2v) is 5.28. The number of aromatic nitrogens is 2. The lowest BCUT2D eigenvalue weighted by Crippen LogP contribution is -2.27. The summed E-state index contributed by atoms with van der Waals surface area (Å²) >= 11 is 6.05. The van der Waals surface area contributed by atoms with E-state index in [0.29, 0.717) is 16.9 Å². The van der Waals surface area contributed by atoms with Crippen LogP contribution in [0.2, 0.25) is 5.15 Å². The molecule has 96 valence electrons. The Balaban J connectivity index is 3.12. The summed E-state index contributed by atoms with van der Waals surface area (Å²) in [5.74, 6) is 1.22. The summed E-state index contributed by atoms with van der Waals surface area (Å²) < 4.78 is 5.50. The first-order chi connectivity index (χ1) is 7.91. The topological polar surface area (TPSA) is 35.0 Å². The van der Waals surface area contributed by atoms with Crippen molar-refractivity contribution in [2.24, 2.45) is 5.92 Å². The molecule has 0 saturated heterocycles. The van der Waals surface area contributed by atoms with Crippen LogP contribution in [0.15, 0.2) is 6.07 Å². The molecule has 1 atom stereocenters. The van der Waals surface area contributed by atoms with Crippen molar-refractivity contribution in [3.8, 4) is 0 Å². The molecule has 3 nitrogen and oxygen atoms in total. The van der Waals surface area contributed by atoms with E-state index in [1.807, 2.05) is 13.0 Å². The third kappa shape index (κ3) is 3.65. The minimum absolute atomic E-state index is 0.462. The number of halogens is 1. The van der Waals surface area contributed by atoms with Crippen LogP contribution in [-0.4, -0.2) is 17.1 Å². The molecule has 1 rings (SSSR count). The molecule has 1 aromatic heterocycles. The lowest BCUT2D eigenvalue weighted by atomic mass is 10.0. The predicted octanol–water partition coefficient (Wildman–Crippen LogP) is 3.60. The zero-order chi connectivity index (χ0) is 13.1. The monoisotopic (exact) mass is 256 g/mol. The Kier molecular flexibility index (Phi) is 4.90. The highest BCUT2D eigenvalue weighted by Crippen LogP contribution is 2.26. The molecule has 0 radical (unpaired) electrons. The second kappa shape index (κ2) is 5.78. The molecule has 1 unspecified atom stereocenters. The molecule has 0 fully saturated rings. The fraction of sp³-hybridized carbons (Fsp3) is 0.692. The van der Waals surface area contributed by atoms with Gasteiger partial charge in [-0.2, -0.15) is 0 Å². The van der Waals surface area contributed by atoms with Gasteiger partial charge in [-0.15, -0.1) is 0 Å². The highest BCUT2D eigenvalue weighted by Gasteiger charge is 2.28. The van der Waals surface area contributed by atoms with Gasteiger partial charge in [0.1, 0.15) is 10.8 Å². The molecule has 0 amide bonds. The van der Waals surface area contributed by atoms with Crippen molar-refractivity contribution in [2.75, 3.05) is 7.11 Å². The minimum Gasteiger partial charge on any atom is -0.371 e. The molecule has 0 N–H and O–H groups in total. The van der Waals surface area contributed by atoms with Crippen molar-refractivity contribution in [3.63, 3.8) is 0 Å². The second-order valence-electron chi connectivity index (χ2n) is 4.89. The highest BCUT2D eigenvalue weighted by atomic mass is 35.5. The van der Waals surface area contributed by atoms with Gasteiger partial charge in [-0.05, 0) is 31.7 Å². The van der Waals surface area contributed by atoms with E-state index in [9.17, 15) is 0 Å². The lowest BCUT2D eigenvalue weighted by molar-refractivity contribution is -0.00916. The van der Waals surface area contributed by atoms with Crippen molar-refractivity contribution in [3.05, 3.63) is 22.7 Å². The summed E-state index contributed by atoms with van der Waals surface area (Å²) in [5.41, 5.74) is 0.517. The molecule has 0 aliphatic carbocycles. The number of rotatable bonds is 5. The molecule has 1 aromatic rings. The summed E-state index contributed by atoms with van der Waals surface area (Å²) in [6, 6.07) is 1.83. The molecule has 0 aromatic carbocycles. The third-order valence-corrected chi connectivity index (χ3v) is 3.16. The Morgan fingerprint density at radius 2 is 2.06 bits per heavy atom. The molecule has 17 heavy (non-hydrogen) atoms. The van der Waals surface area contributed by atoms with Crippen LogP contribution in [0.3, 0.4) is 0 Å². The van der Waals surface area contributed by atoms with Gasteiger partial charge >= 0.3 is 0 Å². The van der Waals surface area contributed by atoms with E-state index < -0.39 is 5.60 Å². The Morgan fingerprint density at radius 3 is 2.53 bits per heavy atom. The molecule has 0 aliphatic rings. The van der Waals surface area contributed by atoms with E-state index >= 15 is 0 Å². The Labute approximate surface area is 109 Å². The van der Waals surface area contributed by atoms with Gasteiger partial charge in [0.15, 0.2) is 5.82 Å². The van der Waals surface area contributed by atoms with E-state index in [1.165, 1.54) is 0 Å². The summed E-state index contributed by atoms with van der Waals surface area (Å²) in [4.78, 5) is 8.85. The molecular weight excluding hydrogens is 236 g/mol. The molecule has 0 aliphatic heterocycles. The van der Waals surface area contributed by atoms with Crippen LogP contribution >= 0.6 is 11.6 Å². The average Bonchev–Trinajstić information content (AvgIpc) is 2.26. The first-order valence-corrected chi connectivity index (χ1v) is 6.38. The zero-order valence-electron chi connectivity index (χ0n) is 11.2. The van der Waals surface area contributed by atoms with Gasteiger partial charge in [-0.1, -0.05) is 32.4 Å². The Bertz CT molecular complexity index is 376. The average molecular weight is 257 g/mol. The minimum atomic E-state index is -0.462. The van der Waals surface area contributed by atoms with Crippen LogP contribution in [0.5, 0.6) is 0 Å². The van der Waals surface area contributed by atoms with Crippen LogP contribution in [-0.2, 0) is 16.8 Å². The van der Waals surface area contributed by atoms with Crippen molar-refractivity contribution >= 4 is 11.6 Å². The molecule has 1 heterocycles. The van der Waals surface area contributed by atoms with Crippen LogP contribution in [0.1, 0.15) is 45.6 Å². The van der Waals surface area contributed by atoms with Crippen molar-refractivity contribution in [1.82, 2.24) is 9.97 Å². The van der Waals surface area contributed by atoms with E-state index in [-0.39, 0.29) is 0 Å². The van der Waals surface area contributed by atoms with E-state index in [0.717, 1.165) is 18.5 Å². The molecule has 0 spiro atoms. The standard InChI is InChI=1S/C13H21ClN2O/c1-6-13(4,17-5)12-15-10(7-9(2)3)8-11(14)16-12/h8-9H,6-7H2,1-5H3. The lowest BCUT2D eigenvalue weighted by Gasteiger charge is -2.25. The number of hydrogen-bond acceptors (Lipinski definition) is 3. The van der Waals surface area contributed by atoms with E-state index in [2.05, 4.69) is 30.7 Å². The van der Waals surface area contributed by atoms with Gasteiger partial charge in [-0.3, -0.25) is 0 Å². The predicted molar refractivity (Wildman–Crippen MR) is 70.2 cm³/mol. The normalized spacial score (nSPS) is 15.0. The Hall–Kier alpha value is -0.670. The fourth-order valence-electron chi connectivity index (χ4n) is 1.62. The summed E-state index contributed by atoms with van der Waals surface area (Å²) in [7, 11) is 1.68. The van der Waals surface area contributed by atoms with Crippen molar-refractivity contribution in [1.29, 1.82) is 0 Å². The largest absolute Gasteiger partial charge is 0.371 e. The van der Waals surface area contributed by atoms with Crippen molar-refractivity contribution in [2.45, 2.75) is 46.1 Å². The number of hydrogen-bond donors (Lipinski definition) is 0. The number of ether oxygens (including phenoxy) is 1. The maximum absolute atomic E-state index is 6.05. The summed E-state index contributed by atoms with van der Waals surface area (Å²) in [5, 5.41) is 0.488. The zero-order valence-corrected chi connectivity index (χ0v) is 12.0. The van der Waals surface area contributed by atoms with Crippen LogP contribution < -0.4 is 0 Å². The molecule has 4 heteroatoms. The number of methoxy groups -OCH3 is 1. The van der Waals surface area contributed by atoms with Gasteiger partial charge in [0.05, 0.1) is 0 Å². The van der Waals surface area contributed by atoms with E-state index in [1.54, 1.807) is 7.11 Å². The van der Waals surface area contributed by atoms with Crippen LogP contribution in [0.25, 0.3) is 0 Å². The smallest absolute Gasteiger partial charge is 0.161 e.